The molecule has 0 bridgehead atoms. The van der Waals surface area contributed by atoms with Crippen LogP contribution in [-0.2, 0) is 0 Å². The number of aryl methyl sites for hydroxylation is 2. The molecule has 0 aliphatic rings. The molecular weight excluding hydrogens is 240 g/mol. The van der Waals surface area contributed by atoms with Crippen molar-refractivity contribution in [3.8, 4) is 11.1 Å². The van der Waals surface area contributed by atoms with Crippen molar-refractivity contribution in [1.29, 1.82) is 0 Å². The van der Waals surface area contributed by atoms with Crippen molar-refractivity contribution in [3.63, 3.8) is 0 Å². The van der Waals surface area contributed by atoms with Crippen molar-refractivity contribution in [2.24, 2.45) is 5.73 Å². The first-order chi connectivity index (χ1) is 9.08. The standard InChI is InChI=1S/C14H14N4O/c1-8(15)11-4-5-18-13(6-11)12(7-16-18)14-9(2)17-19-10(14)3/h4-7H,1,15H2,2-3H3. The Balaban J connectivity index is 2.30. The van der Waals surface area contributed by atoms with E-state index in [1.165, 1.54) is 0 Å². The van der Waals surface area contributed by atoms with E-state index in [0.29, 0.717) is 5.70 Å². The summed E-state index contributed by atoms with van der Waals surface area (Å²) in [7, 11) is 0. The van der Waals surface area contributed by atoms with E-state index in [1.54, 1.807) is 4.52 Å². The van der Waals surface area contributed by atoms with Crippen LogP contribution in [0.1, 0.15) is 17.0 Å². The fourth-order valence-electron chi connectivity index (χ4n) is 2.24. The molecule has 0 radical (unpaired) electrons. The molecule has 2 N–H and O–H groups in total. The van der Waals surface area contributed by atoms with Gasteiger partial charge in [-0.3, -0.25) is 0 Å². The lowest BCUT2D eigenvalue weighted by molar-refractivity contribution is 0.393. The summed E-state index contributed by atoms with van der Waals surface area (Å²) in [5, 5.41) is 8.32. The van der Waals surface area contributed by atoms with Gasteiger partial charge in [-0.2, -0.15) is 5.10 Å². The molecule has 96 valence electrons. The highest BCUT2D eigenvalue weighted by atomic mass is 16.5. The van der Waals surface area contributed by atoms with Crippen molar-refractivity contribution in [1.82, 2.24) is 14.8 Å². The van der Waals surface area contributed by atoms with Crippen LogP contribution in [0.25, 0.3) is 22.3 Å². The van der Waals surface area contributed by atoms with Crippen LogP contribution in [0, 0.1) is 13.8 Å². The molecule has 5 heteroatoms. The van der Waals surface area contributed by atoms with Gasteiger partial charge in [0.05, 0.1) is 23.0 Å². The molecule has 3 rings (SSSR count). The Morgan fingerprint density at radius 2 is 2.21 bits per heavy atom. The molecule has 5 nitrogen and oxygen atoms in total. The van der Waals surface area contributed by atoms with E-state index in [-0.39, 0.29) is 0 Å². The molecule has 0 saturated carbocycles. The lowest BCUT2D eigenvalue weighted by Crippen LogP contribution is -1.96. The van der Waals surface area contributed by atoms with Gasteiger partial charge >= 0.3 is 0 Å². The molecule has 0 aliphatic heterocycles. The lowest BCUT2D eigenvalue weighted by Gasteiger charge is -2.02. The molecule has 0 amide bonds. The van der Waals surface area contributed by atoms with E-state index in [9.17, 15) is 0 Å². The van der Waals surface area contributed by atoms with Gasteiger partial charge in [0.1, 0.15) is 5.76 Å². The zero-order valence-electron chi connectivity index (χ0n) is 10.8. The molecule has 3 aromatic rings. The molecule has 0 atom stereocenters. The summed E-state index contributed by atoms with van der Waals surface area (Å²) < 4.78 is 7.02. The maximum Gasteiger partial charge on any atom is 0.141 e. The maximum absolute atomic E-state index is 5.75. The molecule has 3 aromatic heterocycles. The van der Waals surface area contributed by atoms with Gasteiger partial charge in [0.25, 0.3) is 0 Å². The number of hydrogen-bond donors (Lipinski definition) is 1. The number of rotatable bonds is 2. The highest BCUT2D eigenvalue weighted by molar-refractivity contribution is 5.83. The van der Waals surface area contributed by atoms with Crippen molar-refractivity contribution < 1.29 is 4.52 Å². The fourth-order valence-corrected chi connectivity index (χ4v) is 2.24. The quantitative estimate of drug-likeness (QED) is 0.763. The molecule has 19 heavy (non-hydrogen) atoms. The summed E-state index contributed by atoms with van der Waals surface area (Å²) >= 11 is 0. The van der Waals surface area contributed by atoms with Gasteiger partial charge in [0.15, 0.2) is 0 Å². The normalized spacial score (nSPS) is 11.1. The number of aromatic nitrogens is 3. The smallest absolute Gasteiger partial charge is 0.141 e. The van der Waals surface area contributed by atoms with Crippen molar-refractivity contribution in [2.45, 2.75) is 13.8 Å². The minimum absolute atomic E-state index is 0.536. The summed E-state index contributed by atoms with van der Waals surface area (Å²) in [5.74, 6) is 0.782. The van der Waals surface area contributed by atoms with Crippen LogP contribution in [0.5, 0.6) is 0 Å². The third-order valence-corrected chi connectivity index (χ3v) is 3.20. The van der Waals surface area contributed by atoms with Crippen LogP contribution >= 0.6 is 0 Å². The first kappa shape index (κ1) is 11.5. The summed E-state index contributed by atoms with van der Waals surface area (Å²) in [5.41, 5.74) is 10.9. The van der Waals surface area contributed by atoms with E-state index < -0.39 is 0 Å². The Labute approximate surface area is 110 Å². The van der Waals surface area contributed by atoms with Crippen LogP contribution in [0.4, 0.5) is 0 Å². The first-order valence-electron chi connectivity index (χ1n) is 5.93. The average Bonchev–Trinajstić information content (AvgIpc) is 2.92. The second-order valence-electron chi connectivity index (χ2n) is 4.53. The van der Waals surface area contributed by atoms with E-state index in [2.05, 4.69) is 16.8 Å². The molecule has 0 spiro atoms. The second-order valence-corrected chi connectivity index (χ2v) is 4.53. The number of pyridine rings is 1. The third kappa shape index (κ3) is 1.71. The van der Waals surface area contributed by atoms with Gasteiger partial charge in [-0.25, -0.2) is 4.52 Å². The van der Waals surface area contributed by atoms with Crippen LogP contribution in [0.2, 0.25) is 0 Å². The monoisotopic (exact) mass is 254 g/mol. The van der Waals surface area contributed by atoms with Crippen LogP contribution in [-0.4, -0.2) is 14.8 Å². The van der Waals surface area contributed by atoms with E-state index in [1.807, 2.05) is 38.4 Å². The topological polar surface area (TPSA) is 69.3 Å². The molecule has 0 fully saturated rings. The highest BCUT2D eigenvalue weighted by Crippen LogP contribution is 2.30. The molecular formula is C14H14N4O. The third-order valence-electron chi connectivity index (χ3n) is 3.20. The predicted molar refractivity (Wildman–Crippen MR) is 73.4 cm³/mol. The van der Waals surface area contributed by atoms with Gasteiger partial charge in [-0.1, -0.05) is 11.7 Å². The SMILES string of the molecule is C=C(N)c1ccn2ncc(-c3c(C)noc3C)c2c1. The van der Waals surface area contributed by atoms with Crippen LogP contribution < -0.4 is 5.73 Å². The molecule has 0 saturated heterocycles. The van der Waals surface area contributed by atoms with Crippen LogP contribution in [0.3, 0.4) is 0 Å². The number of fused-ring (bicyclic) bond motifs is 1. The van der Waals surface area contributed by atoms with E-state index in [0.717, 1.165) is 33.7 Å². The Kier molecular flexibility index (Phi) is 2.41. The second kappa shape index (κ2) is 3.98. The number of hydrogen-bond acceptors (Lipinski definition) is 4. The molecule has 0 aromatic carbocycles. The van der Waals surface area contributed by atoms with Crippen molar-refractivity contribution in [3.05, 3.63) is 48.1 Å². The largest absolute Gasteiger partial charge is 0.399 e. The first-order valence-corrected chi connectivity index (χ1v) is 5.93. The minimum atomic E-state index is 0.536. The maximum atomic E-state index is 5.75. The summed E-state index contributed by atoms with van der Waals surface area (Å²) in [6, 6.07) is 3.86. The molecule has 0 aliphatic carbocycles. The average molecular weight is 254 g/mol. The van der Waals surface area contributed by atoms with E-state index in [4.69, 9.17) is 10.3 Å². The summed E-state index contributed by atoms with van der Waals surface area (Å²) in [4.78, 5) is 0. The number of nitrogens with two attached hydrogens (primary N) is 1. The Hall–Kier alpha value is -2.56. The zero-order valence-corrected chi connectivity index (χ0v) is 10.8. The van der Waals surface area contributed by atoms with E-state index >= 15 is 0 Å². The summed E-state index contributed by atoms with van der Waals surface area (Å²) in [6.45, 7) is 7.57. The zero-order chi connectivity index (χ0) is 13.6. The summed E-state index contributed by atoms with van der Waals surface area (Å²) in [6.07, 6.45) is 3.68. The number of nitrogens with zero attached hydrogens (tertiary/aromatic N) is 3. The van der Waals surface area contributed by atoms with Gasteiger partial charge in [-0.15, -0.1) is 0 Å². The Morgan fingerprint density at radius 3 is 2.84 bits per heavy atom. The fraction of sp³-hybridized carbons (Fsp3) is 0.143. The molecule has 0 unspecified atom stereocenters. The Morgan fingerprint density at radius 1 is 1.42 bits per heavy atom. The molecule has 3 heterocycles. The predicted octanol–water partition coefficient (Wildman–Crippen LogP) is 2.54. The van der Waals surface area contributed by atoms with Crippen LogP contribution in [0.15, 0.2) is 35.6 Å². The van der Waals surface area contributed by atoms with Gasteiger partial charge in [-0.05, 0) is 26.0 Å². The highest BCUT2D eigenvalue weighted by Gasteiger charge is 2.16. The minimum Gasteiger partial charge on any atom is -0.399 e. The van der Waals surface area contributed by atoms with Gasteiger partial charge in [0, 0.05) is 23.0 Å². The lowest BCUT2D eigenvalue weighted by atomic mass is 10.0. The Bertz CT molecular complexity index is 762. The van der Waals surface area contributed by atoms with Gasteiger partial charge in [0.2, 0.25) is 0 Å². The van der Waals surface area contributed by atoms with Crippen molar-refractivity contribution >= 4 is 11.2 Å². The van der Waals surface area contributed by atoms with Crippen molar-refractivity contribution in [2.75, 3.05) is 0 Å². The van der Waals surface area contributed by atoms with Gasteiger partial charge < -0.3 is 10.3 Å².